The Bertz CT molecular complexity index is 2070. The van der Waals surface area contributed by atoms with E-state index in [2.05, 4.69) is 133 Å². The summed E-state index contributed by atoms with van der Waals surface area (Å²) in [6, 6.07) is 10.7. The molecule has 51 heavy (non-hydrogen) atoms. The number of carboxylic acids is 1. The molecule has 7 nitrogen and oxygen atoms in total. The van der Waals surface area contributed by atoms with Crippen molar-refractivity contribution in [1.82, 2.24) is 19.9 Å². The van der Waals surface area contributed by atoms with E-state index in [0.29, 0.717) is 41.6 Å². The van der Waals surface area contributed by atoms with Crippen LogP contribution in [0.4, 0.5) is 0 Å². The number of ether oxygens (including phenoxy) is 1. The second kappa shape index (κ2) is 14.8. The van der Waals surface area contributed by atoms with E-state index in [1.165, 1.54) is 0 Å². The highest BCUT2D eigenvalue weighted by molar-refractivity contribution is 6.90. The zero-order valence-corrected chi connectivity index (χ0v) is 33.5. The standard InChI is InChI=1S/C43H56N4O3Si/c1-27(2)51(28(3)4,29(5)6)19-18-30-20-32-23-38-43(9,10)26-36(47-38)41(50-11)40-31(16-14-12-13-15-17-39(48)49)21-33(46-40)24-37-42(7,8)25-34(45-37)22-35(30)44-32/h20-24,27-29,44,46H,12-13,15,17,25-26H2,1-11H3,(H,48,49). The van der Waals surface area contributed by atoms with Gasteiger partial charge in [-0.05, 0) is 59.8 Å². The van der Waals surface area contributed by atoms with Crippen LogP contribution >= 0.6 is 0 Å². The fraction of sp³-hybridized carbons (Fsp3) is 0.512. The van der Waals surface area contributed by atoms with Gasteiger partial charge in [-0.1, -0.05) is 87.0 Å². The van der Waals surface area contributed by atoms with Gasteiger partial charge in [-0.2, -0.15) is 0 Å². The number of carbonyl (C=O) groups is 1. The van der Waals surface area contributed by atoms with E-state index in [-0.39, 0.29) is 17.3 Å². The van der Waals surface area contributed by atoms with E-state index in [1.807, 2.05) is 0 Å². The lowest BCUT2D eigenvalue weighted by atomic mass is 9.87. The average Bonchev–Trinajstić information content (AvgIpc) is 3.74. The number of aromatic amines is 2. The van der Waals surface area contributed by atoms with Crippen LogP contribution in [0.2, 0.25) is 16.6 Å². The van der Waals surface area contributed by atoms with E-state index in [1.54, 1.807) is 7.11 Å². The zero-order valence-electron chi connectivity index (χ0n) is 32.5. The molecule has 0 radical (unpaired) electrons. The van der Waals surface area contributed by atoms with Crippen molar-refractivity contribution in [3.8, 4) is 29.1 Å². The number of hydrogen-bond acceptors (Lipinski definition) is 4. The maximum Gasteiger partial charge on any atom is 0.303 e. The SMILES string of the molecule is COc1c2nc(cc3cc(C#C[Si](C(C)C)(C(C)C)C(C)C)c(cc4nc(cc5cc(C#CCCCCC(=O)O)c1[nH]5)C(C)(C)C4)[nH]3)C(C)(C)C2. The van der Waals surface area contributed by atoms with Crippen LogP contribution in [0.3, 0.4) is 0 Å². The number of carboxylic acid groups (broad SMARTS) is 1. The normalized spacial score (nSPS) is 15.0. The summed E-state index contributed by atoms with van der Waals surface area (Å²) in [6.45, 7) is 23.0. The van der Waals surface area contributed by atoms with Gasteiger partial charge >= 0.3 is 5.97 Å². The third kappa shape index (κ3) is 7.97. The minimum Gasteiger partial charge on any atom is -0.493 e. The molecule has 3 N–H and O–H groups in total. The number of unbranched alkanes of at least 4 members (excludes halogenated alkanes) is 2. The van der Waals surface area contributed by atoms with E-state index in [9.17, 15) is 4.79 Å². The molecule has 0 saturated carbocycles. The number of H-pyrrole nitrogens is 2. The fourth-order valence-electron chi connectivity index (χ4n) is 8.10. The summed E-state index contributed by atoms with van der Waals surface area (Å²) in [5.74, 6) is 10.3. The molecule has 0 amide bonds. The third-order valence-electron chi connectivity index (χ3n) is 10.9. The fourth-order valence-corrected chi connectivity index (χ4v) is 13.3. The van der Waals surface area contributed by atoms with E-state index in [4.69, 9.17) is 19.8 Å². The maximum absolute atomic E-state index is 10.9. The Hall–Kier alpha value is -4.27. The summed E-state index contributed by atoms with van der Waals surface area (Å²) in [4.78, 5) is 28.7. The predicted molar refractivity (Wildman–Crippen MR) is 212 cm³/mol. The van der Waals surface area contributed by atoms with Crippen LogP contribution in [0.15, 0.2) is 30.3 Å². The Morgan fingerprint density at radius 3 is 2.08 bits per heavy atom. The smallest absolute Gasteiger partial charge is 0.303 e. The summed E-state index contributed by atoms with van der Waals surface area (Å²) in [5.41, 5.74) is 14.5. The molecule has 2 aliphatic heterocycles. The maximum atomic E-state index is 10.9. The van der Waals surface area contributed by atoms with Crippen molar-refractivity contribution in [3.63, 3.8) is 0 Å². The van der Waals surface area contributed by atoms with Gasteiger partial charge in [0.2, 0.25) is 0 Å². The van der Waals surface area contributed by atoms with Gasteiger partial charge in [0, 0.05) is 70.2 Å². The van der Waals surface area contributed by atoms with Crippen molar-refractivity contribution in [3.05, 3.63) is 64.2 Å². The van der Waals surface area contributed by atoms with Crippen molar-refractivity contribution in [2.24, 2.45) is 0 Å². The number of fused-ring (bicyclic) bond motifs is 8. The molecule has 3 aromatic heterocycles. The van der Waals surface area contributed by atoms with Crippen LogP contribution < -0.4 is 4.74 Å². The lowest BCUT2D eigenvalue weighted by molar-refractivity contribution is -0.137. The molecule has 5 rings (SSSR count). The van der Waals surface area contributed by atoms with Crippen molar-refractivity contribution >= 4 is 36.1 Å². The summed E-state index contributed by atoms with van der Waals surface area (Å²) in [7, 11) is -0.263. The number of rotatable bonds is 8. The van der Waals surface area contributed by atoms with Gasteiger partial charge in [0.1, 0.15) is 8.07 Å². The Morgan fingerprint density at radius 2 is 1.45 bits per heavy atom. The Morgan fingerprint density at radius 1 is 0.843 bits per heavy atom. The highest BCUT2D eigenvalue weighted by Gasteiger charge is 2.42. The van der Waals surface area contributed by atoms with Crippen LogP contribution in [0.5, 0.6) is 5.75 Å². The minimum absolute atomic E-state index is 0.159. The number of nitrogens with one attached hydrogen (secondary N) is 2. The molecule has 0 fully saturated rings. The minimum atomic E-state index is -1.95. The van der Waals surface area contributed by atoms with Crippen molar-refractivity contribution in [2.45, 2.75) is 135 Å². The molecule has 2 aliphatic rings. The Labute approximate surface area is 305 Å². The molecule has 8 heteroatoms. The lowest BCUT2D eigenvalue weighted by Gasteiger charge is -2.38. The summed E-state index contributed by atoms with van der Waals surface area (Å²) in [6.07, 6.45) is 3.63. The van der Waals surface area contributed by atoms with E-state index in [0.717, 1.165) is 68.8 Å². The largest absolute Gasteiger partial charge is 0.493 e. The molecule has 0 aliphatic carbocycles. The van der Waals surface area contributed by atoms with Crippen LogP contribution in [0.1, 0.15) is 129 Å². The molecule has 0 atom stereocenters. The number of hydrogen-bond donors (Lipinski definition) is 3. The first kappa shape index (κ1) is 38.0. The van der Waals surface area contributed by atoms with Gasteiger partial charge < -0.3 is 19.8 Å². The second-order valence-electron chi connectivity index (χ2n) is 16.6. The molecular weight excluding hydrogens is 649 g/mol. The van der Waals surface area contributed by atoms with E-state index >= 15 is 0 Å². The van der Waals surface area contributed by atoms with Gasteiger partial charge in [0.25, 0.3) is 0 Å². The molecule has 8 bridgehead atoms. The molecule has 0 spiro atoms. The van der Waals surface area contributed by atoms with Crippen molar-refractivity contribution in [1.29, 1.82) is 0 Å². The van der Waals surface area contributed by atoms with Crippen molar-refractivity contribution < 1.29 is 14.6 Å². The summed E-state index contributed by atoms with van der Waals surface area (Å²) >= 11 is 0. The molecule has 0 unspecified atom stereocenters. The number of aromatic nitrogens is 4. The van der Waals surface area contributed by atoms with Gasteiger partial charge in [0.05, 0.1) is 29.4 Å². The summed E-state index contributed by atoms with van der Waals surface area (Å²) in [5, 5.41) is 9.00. The van der Waals surface area contributed by atoms with Crippen molar-refractivity contribution in [2.75, 3.05) is 7.11 Å². The highest BCUT2D eigenvalue weighted by atomic mass is 28.3. The first-order valence-corrected chi connectivity index (χ1v) is 20.8. The van der Waals surface area contributed by atoms with E-state index < -0.39 is 14.0 Å². The first-order chi connectivity index (χ1) is 24.0. The molecule has 270 valence electrons. The zero-order chi connectivity index (χ0) is 37.3. The first-order valence-electron chi connectivity index (χ1n) is 18.5. The number of methoxy groups -OCH3 is 1. The molecule has 5 heterocycles. The van der Waals surface area contributed by atoms with Crippen LogP contribution in [0, 0.1) is 23.3 Å². The predicted octanol–water partition coefficient (Wildman–Crippen LogP) is 9.93. The van der Waals surface area contributed by atoms with Gasteiger partial charge in [-0.25, -0.2) is 0 Å². The second-order valence-corrected chi connectivity index (χ2v) is 22.2. The van der Waals surface area contributed by atoms with Crippen LogP contribution in [-0.4, -0.2) is 46.2 Å². The molecule has 3 aromatic rings. The molecular formula is C43H56N4O3Si. The average molecular weight is 705 g/mol. The number of aliphatic carboxylic acids is 1. The van der Waals surface area contributed by atoms with Crippen LogP contribution in [-0.2, 0) is 28.5 Å². The lowest BCUT2D eigenvalue weighted by Crippen LogP contribution is -2.43. The summed E-state index contributed by atoms with van der Waals surface area (Å²) < 4.78 is 6.12. The Balaban J connectivity index is 1.79. The van der Waals surface area contributed by atoms with Gasteiger partial charge in [-0.15, -0.1) is 5.54 Å². The topological polar surface area (TPSA) is 104 Å². The number of nitrogens with zero attached hydrogens (tertiary/aromatic N) is 2. The van der Waals surface area contributed by atoms with Gasteiger partial charge in [-0.3, -0.25) is 14.8 Å². The van der Waals surface area contributed by atoms with Crippen LogP contribution in [0.25, 0.3) is 22.1 Å². The monoisotopic (exact) mass is 704 g/mol. The quantitative estimate of drug-likeness (QED) is 0.123. The molecule has 0 aromatic carbocycles. The highest BCUT2D eigenvalue weighted by Crippen LogP contribution is 2.41. The third-order valence-corrected chi connectivity index (χ3v) is 17.2. The Kier molecular flexibility index (Phi) is 11.0. The van der Waals surface area contributed by atoms with Gasteiger partial charge in [0.15, 0.2) is 5.75 Å². The molecule has 0 saturated heterocycles.